The van der Waals surface area contributed by atoms with E-state index in [4.69, 9.17) is 10.5 Å². The highest BCUT2D eigenvalue weighted by Crippen LogP contribution is 2.27. The number of benzene rings is 1. The van der Waals surface area contributed by atoms with Gasteiger partial charge in [-0.25, -0.2) is 0 Å². The molecule has 1 aliphatic rings. The summed E-state index contributed by atoms with van der Waals surface area (Å²) in [4.78, 5) is 4.43. The lowest BCUT2D eigenvalue weighted by molar-refractivity contribution is -0.0590. The SMILES string of the molecule is NC1(c2ccc(-c3ccc(C(O)CCF)cc3)cn2)COC1. The maximum absolute atomic E-state index is 12.3. The number of alkyl halides is 1. The Morgan fingerprint density at radius 3 is 2.36 bits per heavy atom. The number of aliphatic hydroxyl groups excluding tert-OH is 1. The summed E-state index contributed by atoms with van der Waals surface area (Å²) in [6, 6.07) is 11.3. The molecule has 2 heterocycles. The Bertz CT molecular complexity index is 624. The largest absolute Gasteiger partial charge is 0.388 e. The standard InChI is InChI=1S/C17H19FN2O2/c18-8-7-15(21)13-3-1-12(2-4-13)14-5-6-16(20-9-14)17(19)10-22-11-17/h1-6,9,15,21H,7-8,10-11,19H2. The number of ether oxygens (including phenoxy) is 1. The van der Waals surface area contributed by atoms with E-state index in [1.165, 1.54) is 0 Å². The van der Waals surface area contributed by atoms with Crippen LogP contribution in [0.5, 0.6) is 0 Å². The first-order chi connectivity index (χ1) is 10.6. The number of rotatable bonds is 5. The van der Waals surface area contributed by atoms with Crippen LogP contribution in [0.3, 0.4) is 0 Å². The Labute approximate surface area is 128 Å². The second kappa shape index (κ2) is 6.12. The molecular formula is C17H19FN2O2. The quantitative estimate of drug-likeness (QED) is 0.889. The number of halogens is 1. The lowest BCUT2D eigenvalue weighted by atomic mass is 9.93. The molecule has 1 aromatic heterocycles. The predicted octanol–water partition coefficient (Wildman–Crippen LogP) is 2.33. The van der Waals surface area contributed by atoms with E-state index in [-0.39, 0.29) is 6.42 Å². The molecule has 0 amide bonds. The fourth-order valence-corrected chi connectivity index (χ4v) is 2.50. The number of nitrogens with two attached hydrogens (primary N) is 1. The average molecular weight is 302 g/mol. The minimum Gasteiger partial charge on any atom is -0.388 e. The van der Waals surface area contributed by atoms with E-state index in [2.05, 4.69) is 4.98 Å². The Kier molecular flexibility index (Phi) is 4.20. The zero-order valence-electron chi connectivity index (χ0n) is 12.2. The molecular weight excluding hydrogens is 283 g/mol. The second-order valence-corrected chi connectivity index (χ2v) is 5.70. The molecule has 1 atom stereocenters. The van der Waals surface area contributed by atoms with Crippen LogP contribution in [0.4, 0.5) is 4.39 Å². The number of hydrogen-bond acceptors (Lipinski definition) is 4. The van der Waals surface area contributed by atoms with Gasteiger partial charge >= 0.3 is 0 Å². The fraction of sp³-hybridized carbons (Fsp3) is 0.353. The first-order valence-electron chi connectivity index (χ1n) is 7.30. The molecule has 3 rings (SSSR count). The zero-order chi connectivity index (χ0) is 15.6. The van der Waals surface area contributed by atoms with Gasteiger partial charge in [0, 0.05) is 18.2 Å². The van der Waals surface area contributed by atoms with Gasteiger partial charge in [0.05, 0.1) is 31.7 Å². The number of hydrogen-bond donors (Lipinski definition) is 2. The normalized spacial score (nSPS) is 17.8. The van der Waals surface area contributed by atoms with Crippen molar-refractivity contribution < 1.29 is 14.2 Å². The summed E-state index contributed by atoms with van der Waals surface area (Å²) in [5.74, 6) is 0. The van der Waals surface area contributed by atoms with Crippen LogP contribution in [-0.4, -0.2) is 30.0 Å². The van der Waals surface area contributed by atoms with Crippen molar-refractivity contribution in [2.75, 3.05) is 19.9 Å². The van der Waals surface area contributed by atoms with E-state index in [1.807, 2.05) is 36.4 Å². The molecule has 4 nitrogen and oxygen atoms in total. The van der Waals surface area contributed by atoms with E-state index in [0.29, 0.717) is 13.2 Å². The third-order valence-electron chi connectivity index (χ3n) is 4.00. The highest BCUT2D eigenvalue weighted by Gasteiger charge is 2.37. The van der Waals surface area contributed by atoms with E-state index < -0.39 is 18.3 Å². The van der Waals surface area contributed by atoms with Crippen LogP contribution in [0.15, 0.2) is 42.6 Å². The third-order valence-corrected chi connectivity index (χ3v) is 4.00. The molecule has 0 spiro atoms. The van der Waals surface area contributed by atoms with Crippen molar-refractivity contribution in [2.45, 2.75) is 18.1 Å². The molecule has 1 fully saturated rings. The van der Waals surface area contributed by atoms with Gasteiger partial charge in [-0.3, -0.25) is 9.37 Å². The minimum absolute atomic E-state index is 0.121. The molecule has 116 valence electrons. The molecule has 2 aromatic rings. The van der Waals surface area contributed by atoms with E-state index >= 15 is 0 Å². The summed E-state index contributed by atoms with van der Waals surface area (Å²) in [7, 11) is 0. The van der Waals surface area contributed by atoms with Gasteiger partial charge in [0.2, 0.25) is 0 Å². The lowest BCUT2D eigenvalue weighted by Gasteiger charge is -2.37. The third kappa shape index (κ3) is 2.88. The Morgan fingerprint density at radius 2 is 1.86 bits per heavy atom. The molecule has 22 heavy (non-hydrogen) atoms. The second-order valence-electron chi connectivity index (χ2n) is 5.70. The maximum atomic E-state index is 12.3. The van der Waals surface area contributed by atoms with Gasteiger partial charge < -0.3 is 15.6 Å². The number of nitrogens with zero attached hydrogens (tertiary/aromatic N) is 1. The molecule has 0 aliphatic carbocycles. The highest BCUT2D eigenvalue weighted by atomic mass is 19.1. The fourth-order valence-electron chi connectivity index (χ4n) is 2.50. The molecule has 0 bridgehead atoms. The van der Waals surface area contributed by atoms with Gasteiger partial charge in [0.1, 0.15) is 5.54 Å². The van der Waals surface area contributed by atoms with Crippen molar-refractivity contribution in [3.05, 3.63) is 53.9 Å². The Hall–Kier alpha value is -1.82. The molecule has 5 heteroatoms. The van der Waals surface area contributed by atoms with Crippen molar-refractivity contribution in [3.8, 4) is 11.1 Å². The summed E-state index contributed by atoms with van der Waals surface area (Å²) >= 11 is 0. The van der Waals surface area contributed by atoms with Gasteiger partial charge in [-0.15, -0.1) is 0 Å². The Morgan fingerprint density at radius 1 is 1.18 bits per heavy atom. The number of aliphatic hydroxyl groups is 1. The van der Waals surface area contributed by atoms with Crippen LogP contribution in [-0.2, 0) is 10.3 Å². The smallest absolute Gasteiger partial charge is 0.106 e. The van der Waals surface area contributed by atoms with Crippen LogP contribution in [0.1, 0.15) is 23.8 Å². The van der Waals surface area contributed by atoms with Crippen molar-refractivity contribution >= 4 is 0 Å². The van der Waals surface area contributed by atoms with Gasteiger partial charge in [0.15, 0.2) is 0 Å². The van der Waals surface area contributed by atoms with Crippen LogP contribution < -0.4 is 5.73 Å². The summed E-state index contributed by atoms with van der Waals surface area (Å²) in [6.45, 7) is 0.472. The summed E-state index contributed by atoms with van der Waals surface area (Å²) in [5, 5.41) is 9.76. The predicted molar refractivity (Wildman–Crippen MR) is 81.9 cm³/mol. The first-order valence-corrected chi connectivity index (χ1v) is 7.30. The minimum atomic E-state index is -0.754. The number of aromatic nitrogens is 1. The molecule has 1 saturated heterocycles. The molecule has 1 aliphatic heterocycles. The summed E-state index contributed by atoms with van der Waals surface area (Å²) in [6.07, 6.45) is 1.15. The van der Waals surface area contributed by atoms with Gasteiger partial charge in [-0.05, 0) is 17.2 Å². The number of pyridine rings is 1. The monoisotopic (exact) mass is 302 g/mol. The van der Waals surface area contributed by atoms with Crippen molar-refractivity contribution in [2.24, 2.45) is 5.73 Å². The van der Waals surface area contributed by atoms with Gasteiger partial charge in [-0.1, -0.05) is 30.3 Å². The molecule has 3 N–H and O–H groups in total. The molecule has 0 radical (unpaired) electrons. The topological polar surface area (TPSA) is 68.4 Å². The Balaban J connectivity index is 1.76. The van der Waals surface area contributed by atoms with Crippen LogP contribution >= 0.6 is 0 Å². The van der Waals surface area contributed by atoms with Crippen molar-refractivity contribution in [3.63, 3.8) is 0 Å². The van der Waals surface area contributed by atoms with E-state index in [1.54, 1.807) is 6.20 Å². The average Bonchev–Trinajstić information content (AvgIpc) is 2.53. The van der Waals surface area contributed by atoms with Gasteiger partial charge in [-0.2, -0.15) is 0 Å². The highest BCUT2D eigenvalue weighted by molar-refractivity contribution is 5.63. The van der Waals surface area contributed by atoms with E-state index in [9.17, 15) is 9.50 Å². The van der Waals surface area contributed by atoms with Crippen molar-refractivity contribution in [1.82, 2.24) is 4.98 Å². The molecule has 0 saturated carbocycles. The van der Waals surface area contributed by atoms with E-state index in [0.717, 1.165) is 22.4 Å². The zero-order valence-corrected chi connectivity index (χ0v) is 12.2. The van der Waals surface area contributed by atoms with Crippen LogP contribution in [0.25, 0.3) is 11.1 Å². The lowest BCUT2D eigenvalue weighted by Crippen LogP contribution is -2.54. The maximum Gasteiger partial charge on any atom is 0.106 e. The van der Waals surface area contributed by atoms with Crippen LogP contribution in [0.2, 0.25) is 0 Å². The molecule has 1 unspecified atom stereocenters. The summed E-state index contributed by atoms with van der Waals surface area (Å²) < 4.78 is 17.4. The van der Waals surface area contributed by atoms with Crippen LogP contribution in [0, 0.1) is 0 Å². The molecule has 1 aromatic carbocycles. The van der Waals surface area contributed by atoms with Gasteiger partial charge in [0.25, 0.3) is 0 Å². The van der Waals surface area contributed by atoms with Crippen molar-refractivity contribution in [1.29, 1.82) is 0 Å². The first kappa shape index (κ1) is 15.1. The summed E-state index contributed by atoms with van der Waals surface area (Å²) in [5.41, 5.74) is 9.20.